The highest BCUT2D eigenvalue weighted by Crippen LogP contribution is 2.17. The Hall–Kier alpha value is -1.36. The van der Waals surface area contributed by atoms with Crippen LogP contribution in [0.1, 0.15) is 18.5 Å². The molecule has 5 heteroatoms. The van der Waals surface area contributed by atoms with Gasteiger partial charge in [-0.2, -0.15) is 0 Å². The van der Waals surface area contributed by atoms with E-state index in [2.05, 4.69) is 4.99 Å². The van der Waals surface area contributed by atoms with Crippen molar-refractivity contribution in [2.45, 2.75) is 17.9 Å². The van der Waals surface area contributed by atoms with Crippen LogP contribution in [0.4, 0.5) is 0 Å². The fraction of sp³-hybridized carbons (Fsp3) is 0.300. The summed E-state index contributed by atoms with van der Waals surface area (Å²) in [5.41, 5.74) is 11.6. The minimum atomic E-state index is -0.946. The van der Waals surface area contributed by atoms with E-state index in [-0.39, 0.29) is 12.0 Å². The third-order valence-electron chi connectivity index (χ3n) is 2.04. The van der Waals surface area contributed by atoms with Crippen molar-refractivity contribution in [2.24, 2.45) is 16.5 Å². The maximum Gasteiger partial charge on any atom is 0.186 e. The highest BCUT2D eigenvalue weighted by Gasteiger charge is 2.04. The van der Waals surface area contributed by atoms with E-state index in [1.807, 2.05) is 31.2 Å². The average Bonchev–Trinajstić information content (AvgIpc) is 2.17. The van der Waals surface area contributed by atoms with Crippen LogP contribution in [0.2, 0.25) is 0 Å². The van der Waals surface area contributed by atoms with Crippen LogP contribution in [-0.2, 0) is 10.8 Å². The molecule has 2 unspecified atom stereocenters. The molecule has 0 saturated carbocycles. The Kier molecular flexibility index (Phi) is 3.85. The summed E-state index contributed by atoms with van der Waals surface area (Å²) in [4.78, 5) is 4.82. The molecule has 82 valence electrons. The van der Waals surface area contributed by atoms with Gasteiger partial charge in [-0.1, -0.05) is 12.1 Å². The summed E-state index contributed by atoms with van der Waals surface area (Å²) < 4.78 is 11.1. The molecular formula is C10H15N3OS. The summed E-state index contributed by atoms with van der Waals surface area (Å²) in [5.74, 6) is 0.0747. The molecular weight excluding hydrogens is 210 g/mol. The summed E-state index contributed by atoms with van der Waals surface area (Å²) in [5, 5.41) is 0. The quantitative estimate of drug-likeness (QED) is 0.588. The largest absolute Gasteiger partial charge is 0.370 e. The highest BCUT2D eigenvalue weighted by atomic mass is 32.2. The summed E-state index contributed by atoms with van der Waals surface area (Å²) >= 11 is 0. The standard InChI is InChI=1S/C10H15N3OS/c1-7(13-10(11)12)8-3-5-9(6-4-8)15(2)14/h3-7H,1-2H3,(H4,11,12,13). The first-order valence-corrected chi connectivity index (χ1v) is 6.08. The summed E-state index contributed by atoms with van der Waals surface area (Å²) in [6.45, 7) is 1.90. The van der Waals surface area contributed by atoms with E-state index in [1.165, 1.54) is 0 Å². The molecule has 0 aliphatic heterocycles. The molecule has 0 spiro atoms. The molecule has 0 bridgehead atoms. The van der Waals surface area contributed by atoms with Gasteiger partial charge in [-0.3, -0.25) is 4.21 Å². The molecule has 15 heavy (non-hydrogen) atoms. The van der Waals surface area contributed by atoms with Crippen LogP contribution >= 0.6 is 0 Å². The number of guanidine groups is 1. The molecule has 1 rings (SSSR count). The van der Waals surface area contributed by atoms with Crippen molar-refractivity contribution in [3.63, 3.8) is 0 Å². The Labute approximate surface area is 91.8 Å². The molecule has 0 saturated heterocycles. The zero-order valence-electron chi connectivity index (χ0n) is 8.81. The van der Waals surface area contributed by atoms with Gasteiger partial charge in [0.05, 0.1) is 6.04 Å². The van der Waals surface area contributed by atoms with Gasteiger partial charge in [-0.15, -0.1) is 0 Å². The molecule has 2 atom stereocenters. The van der Waals surface area contributed by atoms with E-state index < -0.39 is 10.8 Å². The van der Waals surface area contributed by atoms with Crippen molar-refractivity contribution in [3.8, 4) is 0 Å². The molecule has 0 radical (unpaired) electrons. The fourth-order valence-electron chi connectivity index (χ4n) is 1.24. The lowest BCUT2D eigenvalue weighted by Gasteiger charge is -2.07. The van der Waals surface area contributed by atoms with E-state index in [0.29, 0.717) is 0 Å². The molecule has 4 nitrogen and oxygen atoms in total. The van der Waals surface area contributed by atoms with E-state index in [9.17, 15) is 4.21 Å². The Morgan fingerprint density at radius 3 is 2.27 bits per heavy atom. The van der Waals surface area contributed by atoms with Crippen LogP contribution in [0.5, 0.6) is 0 Å². The Morgan fingerprint density at radius 2 is 1.87 bits per heavy atom. The predicted octanol–water partition coefficient (Wildman–Crippen LogP) is 0.758. The van der Waals surface area contributed by atoms with Gasteiger partial charge in [0.2, 0.25) is 0 Å². The van der Waals surface area contributed by atoms with Crippen LogP contribution in [0.15, 0.2) is 34.2 Å². The van der Waals surface area contributed by atoms with E-state index >= 15 is 0 Å². The van der Waals surface area contributed by atoms with Crippen LogP contribution < -0.4 is 11.5 Å². The number of nitrogens with two attached hydrogens (primary N) is 2. The monoisotopic (exact) mass is 225 g/mol. The average molecular weight is 225 g/mol. The zero-order valence-corrected chi connectivity index (χ0v) is 9.62. The Bertz CT molecular complexity index is 382. The molecule has 4 N–H and O–H groups in total. The van der Waals surface area contributed by atoms with Crippen LogP contribution in [-0.4, -0.2) is 16.4 Å². The zero-order chi connectivity index (χ0) is 11.4. The number of hydrogen-bond donors (Lipinski definition) is 2. The minimum Gasteiger partial charge on any atom is -0.370 e. The SMILES string of the molecule is CC(N=C(N)N)c1ccc(S(C)=O)cc1. The van der Waals surface area contributed by atoms with Gasteiger partial charge in [-0.25, -0.2) is 4.99 Å². The first-order valence-electron chi connectivity index (χ1n) is 4.53. The van der Waals surface area contributed by atoms with Crippen LogP contribution in [0.25, 0.3) is 0 Å². The highest BCUT2D eigenvalue weighted by molar-refractivity contribution is 7.84. The van der Waals surface area contributed by atoms with Gasteiger partial charge in [-0.05, 0) is 24.6 Å². The van der Waals surface area contributed by atoms with Gasteiger partial charge in [0, 0.05) is 22.0 Å². The van der Waals surface area contributed by atoms with Crippen molar-refractivity contribution in [3.05, 3.63) is 29.8 Å². The van der Waals surface area contributed by atoms with Crippen molar-refractivity contribution in [1.29, 1.82) is 0 Å². The number of hydrogen-bond acceptors (Lipinski definition) is 2. The molecule has 0 aliphatic carbocycles. The predicted molar refractivity (Wildman–Crippen MR) is 63.0 cm³/mol. The molecule has 1 aromatic rings. The number of nitrogens with zero attached hydrogens (tertiary/aromatic N) is 1. The van der Waals surface area contributed by atoms with Gasteiger partial charge in [0.25, 0.3) is 0 Å². The van der Waals surface area contributed by atoms with Gasteiger partial charge in [0.15, 0.2) is 5.96 Å². The molecule has 0 heterocycles. The molecule has 0 amide bonds. The third-order valence-corrected chi connectivity index (χ3v) is 2.97. The van der Waals surface area contributed by atoms with Gasteiger partial charge < -0.3 is 11.5 Å². The number of benzene rings is 1. The van der Waals surface area contributed by atoms with Crippen molar-refractivity contribution in [1.82, 2.24) is 0 Å². The molecule has 1 aromatic carbocycles. The Morgan fingerprint density at radius 1 is 1.33 bits per heavy atom. The lowest BCUT2D eigenvalue weighted by Crippen LogP contribution is -2.23. The summed E-state index contributed by atoms with van der Waals surface area (Å²) in [6.07, 6.45) is 1.65. The summed E-state index contributed by atoms with van der Waals surface area (Å²) in [7, 11) is -0.946. The topological polar surface area (TPSA) is 81.5 Å². The lowest BCUT2D eigenvalue weighted by molar-refractivity contribution is 0.686. The Balaban J connectivity index is 2.89. The second kappa shape index (κ2) is 4.93. The van der Waals surface area contributed by atoms with Gasteiger partial charge >= 0.3 is 0 Å². The first kappa shape index (κ1) is 11.7. The van der Waals surface area contributed by atoms with E-state index in [0.717, 1.165) is 10.5 Å². The normalized spacial score (nSPS) is 14.3. The maximum atomic E-state index is 11.1. The number of rotatable bonds is 3. The smallest absolute Gasteiger partial charge is 0.186 e. The second-order valence-corrected chi connectivity index (χ2v) is 4.63. The van der Waals surface area contributed by atoms with Crippen LogP contribution in [0.3, 0.4) is 0 Å². The molecule has 0 fully saturated rings. The molecule has 0 aliphatic rings. The van der Waals surface area contributed by atoms with Crippen molar-refractivity contribution >= 4 is 16.8 Å². The fourth-order valence-corrected chi connectivity index (χ4v) is 1.76. The van der Waals surface area contributed by atoms with Crippen molar-refractivity contribution < 1.29 is 4.21 Å². The van der Waals surface area contributed by atoms with Gasteiger partial charge in [0.1, 0.15) is 0 Å². The first-order chi connectivity index (χ1) is 7.00. The van der Waals surface area contributed by atoms with E-state index in [4.69, 9.17) is 11.5 Å². The minimum absolute atomic E-state index is 0.0747. The van der Waals surface area contributed by atoms with Crippen molar-refractivity contribution in [2.75, 3.05) is 6.26 Å². The maximum absolute atomic E-state index is 11.1. The second-order valence-electron chi connectivity index (χ2n) is 3.25. The lowest BCUT2D eigenvalue weighted by atomic mass is 10.1. The van der Waals surface area contributed by atoms with Crippen LogP contribution in [0, 0.1) is 0 Å². The van der Waals surface area contributed by atoms with E-state index in [1.54, 1.807) is 6.26 Å². The molecule has 0 aromatic heterocycles. The number of aliphatic imine (C=N–C) groups is 1. The summed E-state index contributed by atoms with van der Waals surface area (Å²) in [6, 6.07) is 7.34. The third kappa shape index (κ3) is 3.36.